The molecule has 2 aromatic heterocycles. The van der Waals surface area contributed by atoms with Gasteiger partial charge in [0, 0.05) is 30.8 Å². The van der Waals surface area contributed by atoms with E-state index in [0.29, 0.717) is 31.2 Å². The third-order valence-corrected chi connectivity index (χ3v) is 6.53. The predicted octanol–water partition coefficient (Wildman–Crippen LogP) is 4.07. The molecule has 4 aromatic rings. The zero-order valence-electron chi connectivity index (χ0n) is 16.9. The van der Waals surface area contributed by atoms with Crippen molar-refractivity contribution in [2.45, 2.75) is 24.3 Å². The first-order chi connectivity index (χ1) is 15.3. The van der Waals surface area contributed by atoms with Crippen LogP contribution in [0.1, 0.15) is 16.7 Å². The second kappa shape index (κ2) is 7.42. The predicted molar refractivity (Wildman–Crippen MR) is 116 cm³/mol. The molecule has 8 nitrogen and oxygen atoms in total. The smallest absolute Gasteiger partial charge is 0.191 e. The topological polar surface area (TPSA) is 83.6 Å². The number of anilines is 1. The van der Waals surface area contributed by atoms with Crippen LogP contribution < -0.4 is 18.9 Å². The van der Waals surface area contributed by atoms with Gasteiger partial charge in [0.1, 0.15) is 27.5 Å². The first-order valence-corrected chi connectivity index (χ1v) is 10.9. The van der Waals surface area contributed by atoms with Crippen LogP contribution in [0.2, 0.25) is 0 Å². The standard InChI is InChI=1S/C22H20N4O4S/c1-27-16-4-3-13-5-9-28-19(13)21(16)31-25-22-18-17(30-24-22)11-14(12-26-8-2-7-23-26)15-6-10-29-20(15)18/h2-4,7-8,11H,5-6,9-10,12H2,1H3,(H,24,25). The Bertz CT molecular complexity index is 1270. The van der Waals surface area contributed by atoms with Crippen molar-refractivity contribution < 1.29 is 18.7 Å². The minimum atomic E-state index is 0.626. The van der Waals surface area contributed by atoms with Crippen molar-refractivity contribution in [3.05, 3.63) is 53.3 Å². The zero-order valence-corrected chi connectivity index (χ0v) is 17.7. The number of nitrogens with one attached hydrogen (secondary N) is 1. The van der Waals surface area contributed by atoms with Crippen molar-refractivity contribution in [2.24, 2.45) is 0 Å². The van der Waals surface area contributed by atoms with Crippen LogP contribution in [0.15, 0.2) is 46.1 Å². The van der Waals surface area contributed by atoms with Crippen molar-refractivity contribution in [3.63, 3.8) is 0 Å². The van der Waals surface area contributed by atoms with E-state index in [1.165, 1.54) is 23.1 Å². The number of nitrogens with zero attached hydrogens (tertiary/aromatic N) is 3. The number of hydrogen-bond donors (Lipinski definition) is 1. The highest BCUT2D eigenvalue weighted by Crippen LogP contribution is 2.45. The lowest BCUT2D eigenvalue weighted by molar-refractivity contribution is 0.341. The third-order valence-electron chi connectivity index (χ3n) is 5.65. The lowest BCUT2D eigenvalue weighted by atomic mass is 10.0. The highest BCUT2D eigenvalue weighted by atomic mass is 32.2. The molecule has 2 aliphatic heterocycles. The molecule has 0 fully saturated rings. The van der Waals surface area contributed by atoms with Crippen LogP contribution in [0.25, 0.3) is 11.0 Å². The normalized spacial score (nSPS) is 14.2. The number of rotatable bonds is 6. The van der Waals surface area contributed by atoms with Gasteiger partial charge in [-0.05, 0) is 41.3 Å². The second-order valence-corrected chi connectivity index (χ2v) is 8.25. The van der Waals surface area contributed by atoms with E-state index in [0.717, 1.165) is 45.9 Å². The van der Waals surface area contributed by atoms with Crippen LogP contribution in [0.4, 0.5) is 5.82 Å². The summed E-state index contributed by atoms with van der Waals surface area (Å²) in [6, 6.07) is 7.98. The molecule has 2 aliphatic rings. The highest BCUT2D eigenvalue weighted by Gasteiger charge is 2.27. The Balaban J connectivity index is 1.35. The Morgan fingerprint density at radius 2 is 2.10 bits per heavy atom. The highest BCUT2D eigenvalue weighted by molar-refractivity contribution is 8.00. The summed E-state index contributed by atoms with van der Waals surface area (Å²) in [7, 11) is 1.66. The van der Waals surface area contributed by atoms with E-state index >= 15 is 0 Å². The molecule has 6 rings (SSSR count). The minimum absolute atomic E-state index is 0.626. The van der Waals surface area contributed by atoms with Crippen molar-refractivity contribution in [2.75, 3.05) is 25.0 Å². The second-order valence-electron chi connectivity index (χ2n) is 7.44. The van der Waals surface area contributed by atoms with Crippen LogP contribution >= 0.6 is 11.9 Å². The molecule has 0 atom stereocenters. The van der Waals surface area contributed by atoms with Crippen LogP contribution in [-0.2, 0) is 19.4 Å². The van der Waals surface area contributed by atoms with E-state index in [1.807, 2.05) is 29.1 Å². The molecule has 2 aromatic carbocycles. The van der Waals surface area contributed by atoms with Gasteiger partial charge in [0.05, 0.1) is 26.9 Å². The molecule has 9 heteroatoms. The summed E-state index contributed by atoms with van der Waals surface area (Å²) in [5.74, 6) is 3.09. The number of methoxy groups -OCH3 is 1. The largest absolute Gasteiger partial charge is 0.495 e. The summed E-state index contributed by atoms with van der Waals surface area (Å²) in [5, 5.41) is 9.46. The molecule has 4 heterocycles. The van der Waals surface area contributed by atoms with E-state index in [-0.39, 0.29) is 0 Å². The van der Waals surface area contributed by atoms with E-state index in [9.17, 15) is 0 Å². The maximum absolute atomic E-state index is 6.01. The van der Waals surface area contributed by atoms with Gasteiger partial charge >= 0.3 is 0 Å². The van der Waals surface area contributed by atoms with Gasteiger partial charge in [0.25, 0.3) is 0 Å². The summed E-state index contributed by atoms with van der Waals surface area (Å²) in [5.41, 5.74) is 4.19. The molecule has 31 heavy (non-hydrogen) atoms. The molecule has 0 unspecified atom stereocenters. The molecule has 0 saturated heterocycles. The molecule has 0 saturated carbocycles. The summed E-state index contributed by atoms with van der Waals surface area (Å²) >= 11 is 1.41. The van der Waals surface area contributed by atoms with E-state index in [2.05, 4.69) is 21.0 Å². The SMILES string of the molecule is COc1ccc2c(c1SNc1noc3cc(Cn4cccn4)c4c(c13)OCC4)OCC2. The summed E-state index contributed by atoms with van der Waals surface area (Å²) in [6.45, 7) is 1.99. The van der Waals surface area contributed by atoms with E-state index < -0.39 is 0 Å². The average Bonchev–Trinajstić information content (AvgIpc) is 3.58. The Labute approximate surface area is 182 Å². The average molecular weight is 436 g/mol. The molecule has 0 radical (unpaired) electrons. The van der Waals surface area contributed by atoms with Crippen LogP contribution in [0.3, 0.4) is 0 Å². The first kappa shape index (κ1) is 18.4. The molecule has 1 N–H and O–H groups in total. The molecule has 0 aliphatic carbocycles. The minimum Gasteiger partial charge on any atom is -0.495 e. The summed E-state index contributed by atoms with van der Waals surface area (Å²) in [4.78, 5) is 0.904. The maximum Gasteiger partial charge on any atom is 0.191 e. The quantitative estimate of drug-likeness (QED) is 0.453. The summed E-state index contributed by atoms with van der Waals surface area (Å²) in [6.07, 6.45) is 5.49. The maximum atomic E-state index is 6.01. The van der Waals surface area contributed by atoms with Crippen LogP contribution in [-0.4, -0.2) is 35.3 Å². The number of ether oxygens (including phenoxy) is 3. The fraction of sp³-hybridized carbons (Fsp3) is 0.273. The molecule has 0 amide bonds. The third kappa shape index (κ3) is 3.07. The Morgan fingerprint density at radius 3 is 2.97 bits per heavy atom. The van der Waals surface area contributed by atoms with Gasteiger partial charge < -0.3 is 23.5 Å². The molecule has 0 bridgehead atoms. The van der Waals surface area contributed by atoms with Gasteiger partial charge in [0.15, 0.2) is 11.4 Å². The number of aromatic nitrogens is 3. The fourth-order valence-electron chi connectivity index (χ4n) is 4.19. The summed E-state index contributed by atoms with van der Waals surface area (Å²) < 4.78 is 28.3. The van der Waals surface area contributed by atoms with Crippen molar-refractivity contribution in [1.82, 2.24) is 14.9 Å². The number of hydrogen-bond acceptors (Lipinski definition) is 8. The van der Waals surface area contributed by atoms with Gasteiger partial charge in [0.2, 0.25) is 0 Å². The Hall–Kier alpha value is -3.33. The molecule has 0 spiro atoms. The Morgan fingerprint density at radius 1 is 1.19 bits per heavy atom. The van der Waals surface area contributed by atoms with Crippen LogP contribution in [0, 0.1) is 0 Å². The van der Waals surface area contributed by atoms with Gasteiger partial charge in [-0.15, -0.1) is 0 Å². The van der Waals surface area contributed by atoms with Crippen LogP contribution in [0.5, 0.6) is 17.2 Å². The lowest BCUT2D eigenvalue weighted by Gasteiger charge is -2.13. The number of benzene rings is 2. The zero-order chi connectivity index (χ0) is 20.8. The molecule has 158 valence electrons. The van der Waals surface area contributed by atoms with Crippen molar-refractivity contribution >= 4 is 28.7 Å². The van der Waals surface area contributed by atoms with E-state index in [4.69, 9.17) is 18.7 Å². The number of fused-ring (bicyclic) bond motifs is 4. The van der Waals surface area contributed by atoms with E-state index in [1.54, 1.807) is 13.3 Å². The first-order valence-electron chi connectivity index (χ1n) is 10.1. The molecular formula is C22H20N4O4S. The van der Waals surface area contributed by atoms with Crippen molar-refractivity contribution in [3.8, 4) is 17.2 Å². The fourth-order valence-corrected chi connectivity index (χ4v) is 5.06. The molecular weight excluding hydrogens is 416 g/mol. The van der Waals surface area contributed by atoms with Crippen molar-refractivity contribution in [1.29, 1.82) is 0 Å². The van der Waals surface area contributed by atoms with Gasteiger partial charge in [-0.25, -0.2) is 0 Å². The Kier molecular flexibility index (Phi) is 4.41. The van der Waals surface area contributed by atoms with Gasteiger partial charge in [-0.1, -0.05) is 11.2 Å². The van der Waals surface area contributed by atoms with Gasteiger partial charge in [-0.3, -0.25) is 4.68 Å². The van der Waals surface area contributed by atoms with Gasteiger partial charge in [-0.2, -0.15) is 5.10 Å². The monoisotopic (exact) mass is 436 g/mol. The lowest BCUT2D eigenvalue weighted by Crippen LogP contribution is -2.02.